The molecule has 0 spiro atoms. The summed E-state index contributed by atoms with van der Waals surface area (Å²) in [7, 11) is -3.05. The monoisotopic (exact) mass is 495 g/mol. The Morgan fingerprint density at radius 3 is 2.44 bits per heavy atom. The maximum atomic E-state index is 12.8. The molecule has 0 bridgehead atoms. The van der Waals surface area contributed by atoms with Gasteiger partial charge >= 0.3 is 0 Å². The zero-order chi connectivity index (χ0) is 18.8. The van der Waals surface area contributed by atoms with Crippen LogP contribution in [0.25, 0.3) is 0 Å². The van der Waals surface area contributed by atoms with Gasteiger partial charge in [0.25, 0.3) is 5.91 Å². The average Bonchev–Trinajstić information content (AvgIpc) is 2.85. The summed E-state index contributed by atoms with van der Waals surface area (Å²) in [6, 6.07) is 3.54. The molecule has 1 aliphatic rings. The molecule has 0 aliphatic carbocycles. The van der Waals surface area contributed by atoms with E-state index in [9.17, 15) is 13.2 Å². The minimum absolute atomic E-state index is 0.0284. The van der Waals surface area contributed by atoms with Crippen LogP contribution >= 0.6 is 31.9 Å². The van der Waals surface area contributed by atoms with Crippen LogP contribution in [0.15, 0.2) is 21.1 Å². The molecule has 1 saturated heterocycles. The maximum absolute atomic E-state index is 12.8. The molecule has 0 radical (unpaired) electrons. The van der Waals surface area contributed by atoms with Gasteiger partial charge < -0.3 is 9.64 Å². The highest BCUT2D eigenvalue weighted by molar-refractivity contribution is 9.11. The molecule has 1 aliphatic heterocycles. The van der Waals surface area contributed by atoms with E-state index in [2.05, 4.69) is 31.9 Å². The fourth-order valence-corrected chi connectivity index (χ4v) is 6.39. The average molecular weight is 497 g/mol. The number of amides is 1. The number of hydrogen-bond donors (Lipinski definition) is 0. The van der Waals surface area contributed by atoms with Crippen LogP contribution < -0.4 is 4.74 Å². The lowest BCUT2D eigenvalue weighted by Gasteiger charge is -2.33. The van der Waals surface area contributed by atoms with Crippen molar-refractivity contribution < 1.29 is 17.9 Å². The first-order valence-corrected chi connectivity index (χ1v) is 11.7. The molecular weight excluding hydrogens is 474 g/mol. The number of nitrogens with zero attached hydrogens (tertiary/aromatic N) is 1. The van der Waals surface area contributed by atoms with Crippen LogP contribution in [0.4, 0.5) is 0 Å². The Bertz CT molecular complexity index is 728. The number of hydrogen-bond acceptors (Lipinski definition) is 4. The second kappa shape index (κ2) is 8.39. The predicted molar refractivity (Wildman–Crippen MR) is 106 cm³/mol. The Labute approximate surface area is 166 Å². The molecule has 1 aromatic carbocycles. The van der Waals surface area contributed by atoms with Gasteiger partial charge in [0.1, 0.15) is 5.75 Å². The van der Waals surface area contributed by atoms with Crippen LogP contribution in [0.2, 0.25) is 0 Å². The second-order valence-corrected chi connectivity index (χ2v) is 10.4. The Morgan fingerprint density at radius 1 is 1.36 bits per heavy atom. The van der Waals surface area contributed by atoms with E-state index in [4.69, 9.17) is 4.74 Å². The highest BCUT2D eigenvalue weighted by Crippen LogP contribution is 2.34. The van der Waals surface area contributed by atoms with E-state index in [0.717, 1.165) is 20.9 Å². The molecule has 8 heteroatoms. The first-order chi connectivity index (χ1) is 11.6. The second-order valence-electron chi connectivity index (χ2n) is 6.46. The lowest BCUT2D eigenvalue weighted by atomic mass is 10.1. The zero-order valence-corrected chi connectivity index (χ0v) is 18.6. The zero-order valence-electron chi connectivity index (χ0n) is 14.6. The van der Waals surface area contributed by atoms with Gasteiger partial charge in [0.2, 0.25) is 0 Å². The van der Waals surface area contributed by atoms with Crippen molar-refractivity contribution in [3.05, 3.63) is 26.6 Å². The molecular formula is C17H23Br2NO4S. The van der Waals surface area contributed by atoms with Crippen molar-refractivity contribution in [3.8, 4) is 5.75 Å². The van der Waals surface area contributed by atoms with Crippen LogP contribution in [0, 0.1) is 6.92 Å². The molecule has 5 nitrogen and oxygen atoms in total. The Balaban J connectivity index is 2.13. The van der Waals surface area contributed by atoms with Gasteiger partial charge in [-0.1, -0.05) is 6.92 Å². The number of carbonyl (C=O) groups excluding carboxylic acids is 1. The van der Waals surface area contributed by atoms with Gasteiger partial charge in [0, 0.05) is 12.1 Å². The molecule has 140 valence electrons. The van der Waals surface area contributed by atoms with Crippen LogP contribution in [-0.4, -0.2) is 49.4 Å². The lowest BCUT2D eigenvalue weighted by molar-refractivity contribution is -0.137. The summed E-state index contributed by atoms with van der Waals surface area (Å²) in [5.41, 5.74) is 1.06. The molecule has 1 aromatic rings. The molecule has 1 fully saturated rings. The van der Waals surface area contributed by atoms with Crippen LogP contribution in [0.1, 0.15) is 32.3 Å². The van der Waals surface area contributed by atoms with Crippen molar-refractivity contribution >= 4 is 47.6 Å². The SMILES string of the molecule is CCC(C)N(C(=O)COc1c(Br)cc(C)cc1Br)C1CCS(=O)(=O)C1. The summed E-state index contributed by atoms with van der Waals surface area (Å²) in [6.07, 6.45) is 1.26. The topological polar surface area (TPSA) is 63.7 Å². The minimum atomic E-state index is -3.05. The molecule has 0 N–H and O–H groups in total. The molecule has 0 aromatic heterocycles. The van der Waals surface area contributed by atoms with Crippen molar-refractivity contribution in [2.75, 3.05) is 18.1 Å². The van der Waals surface area contributed by atoms with Gasteiger partial charge in [-0.3, -0.25) is 4.79 Å². The third-order valence-corrected chi connectivity index (χ3v) is 7.37. The van der Waals surface area contributed by atoms with Crippen molar-refractivity contribution in [3.63, 3.8) is 0 Å². The van der Waals surface area contributed by atoms with Crippen molar-refractivity contribution in [2.24, 2.45) is 0 Å². The summed E-state index contributed by atoms with van der Waals surface area (Å²) < 4.78 is 30.9. The van der Waals surface area contributed by atoms with Crippen molar-refractivity contribution in [2.45, 2.75) is 45.7 Å². The number of benzene rings is 1. The molecule has 1 heterocycles. The van der Waals surface area contributed by atoms with E-state index in [1.165, 1.54) is 0 Å². The molecule has 2 unspecified atom stereocenters. The van der Waals surface area contributed by atoms with Gasteiger partial charge in [0.05, 0.1) is 20.5 Å². The van der Waals surface area contributed by atoms with Gasteiger partial charge in [-0.15, -0.1) is 0 Å². The van der Waals surface area contributed by atoms with Crippen LogP contribution in [-0.2, 0) is 14.6 Å². The van der Waals surface area contributed by atoms with Crippen LogP contribution in [0.3, 0.4) is 0 Å². The van der Waals surface area contributed by atoms with E-state index in [0.29, 0.717) is 12.2 Å². The number of sulfone groups is 1. The molecule has 0 saturated carbocycles. The first-order valence-electron chi connectivity index (χ1n) is 8.24. The maximum Gasteiger partial charge on any atom is 0.261 e. The third-order valence-electron chi connectivity index (χ3n) is 4.44. The van der Waals surface area contributed by atoms with Crippen LogP contribution in [0.5, 0.6) is 5.75 Å². The highest BCUT2D eigenvalue weighted by atomic mass is 79.9. The van der Waals surface area contributed by atoms with Gasteiger partial charge in [0.15, 0.2) is 16.4 Å². The number of halogens is 2. The summed E-state index contributed by atoms with van der Waals surface area (Å²) in [6.45, 7) is 5.78. The van der Waals surface area contributed by atoms with Gasteiger partial charge in [-0.25, -0.2) is 8.42 Å². The standard InChI is InChI=1S/C17H23Br2NO4S/c1-4-12(3)20(13-5-6-25(22,23)10-13)16(21)9-24-17-14(18)7-11(2)8-15(17)19/h7-8,12-13H,4-6,9-10H2,1-3H3. The van der Waals surface area contributed by atoms with E-state index in [1.54, 1.807) is 4.90 Å². The fraction of sp³-hybridized carbons (Fsp3) is 0.588. The van der Waals surface area contributed by atoms with E-state index in [-0.39, 0.29) is 36.1 Å². The van der Waals surface area contributed by atoms with Crippen molar-refractivity contribution in [1.82, 2.24) is 4.90 Å². The van der Waals surface area contributed by atoms with E-state index < -0.39 is 9.84 Å². The van der Waals surface area contributed by atoms with Gasteiger partial charge in [-0.05, 0) is 76.2 Å². The molecule has 1 amide bonds. The Kier molecular flexibility index (Phi) is 6.95. The van der Waals surface area contributed by atoms with Crippen molar-refractivity contribution in [1.29, 1.82) is 0 Å². The predicted octanol–water partition coefficient (Wildman–Crippen LogP) is 3.71. The summed E-state index contributed by atoms with van der Waals surface area (Å²) in [5.74, 6) is 0.576. The van der Waals surface area contributed by atoms with E-state index in [1.807, 2.05) is 32.9 Å². The number of rotatable bonds is 6. The first kappa shape index (κ1) is 20.7. The normalized spacial score (nSPS) is 20.3. The number of aryl methyl sites for hydroxylation is 1. The molecule has 2 atom stereocenters. The summed E-state index contributed by atoms with van der Waals surface area (Å²) in [5, 5.41) is 0. The fourth-order valence-electron chi connectivity index (χ4n) is 3.03. The Morgan fingerprint density at radius 2 is 1.96 bits per heavy atom. The summed E-state index contributed by atoms with van der Waals surface area (Å²) in [4.78, 5) is 14.5. The third kappa shape index (κ3) is 5.20. The number of ether oxygens (including phenoxy) is 1. The lowest BCUT2D eigenvalue weighted by Crippen LogP contribution is -2.48. The Hall–Kier alpha value is -0.600. The molecule has 25 heavy (non-hydrogen) atoms. The summed E-state index contributed by atoms with van der Waals surface area (Å²) >= 11 is 6.90. The quantitative estimate of drug-likeness (QED) is 0.602. The van der Waals surface area contributed by atoms with Gasteiger partial charge in [-0.2, -0.15) is 0 Å². The number of carbonyl (C=O) groups is 1. The largest absolute Gasteiger partial charge is 0.481 e. The minimum Gasteiger partial charge on any atom is -0.481 e. The smallest absolute Gasteiger partial charge is 0.261 e. The molecule has 2 rings (SSSR count). The van der Waals surface area contributed by atoms with E-state index >= 15 is 0 Å². The highest BCUT2D eigenvalue weighted by Gasteiger charge is 2.36.